The van der Waals surface area contributed by atoms with Crippen LogP contribution in [0.3, 0.4) is 0 Å². The summed E-state index contributed by atoms with van der Waals surface area (Å²) in [6, 6.07) is 8.13. The molecule has 1 aliphatic heterocycles. The zero-order chi connectivity index (χ0) is 18.4. The molecule has 0 aromatic heterocycles. The molecular formula is C18H24N4O2S. The second-order valence-electron chi connectivity index (χ2n) is 6.41. The Morgan fingerprint density at radius 3 is 2.72 bits per heavy atom. The van der Waals surface area contributed by atoms with Gasteiger partial charge in [0.05, 0.1) is 12.3 Å². The first-order chi connectivity index (χ1) is 11.9. The molecule has 7 heteroatoms. The number of carbonyl (C=O) groups is 2. The van der Waals surface area contributed by atoms with E-state index in [1.807, 2.05) is 32.0 Å². The van der Waals surface area contributed by atoms with E-state index in [9.17, 15) is 9.59 Å². The lowest BCUT2D eigenvalue weighted by Gasteiger charge is -2.19. The molecule has 1 aliphatic rings. The number of hydrogen-bond acceptors (Lipinski definition) is 5. The zero-order valence-electron chi connectivity index (χ0n) is 15.0. The lowest BCUT2D eigenvalue weighted by atomic mass is 9.97. The molecule has 1 aromatic carbocycles. The molecule has 1 N–H and O–H groups in total. The minimum atomic E-state index is -0.301. The number of amidine groups is 1. The van der Waals surface area contributed by atoms with E-state index in [4.69, 9.17) is 0 Å². The van der Waals surface area contributed by atoms with Crippen molar-refractivity contribution in [3.05, 3.63) is 35.4 Å². The van der Waals surface area contributed by atoms with Gasteiger partial charge in [-0.15, -0.1) is 5.10 Å². The summed E-state index contributed by atoms with van der Waals surface area (Å²) in [6.45, 7) is 8.47. The van der Waals surface area contributed by atoms with Crippen LogP contribution in [0.15, 0.2) is 34.5 Å². The van der Waals surface area contributed by atoms with Crippen LogP contribution in [0.5, 0.6) is 0 Å². The second kappa shape index (κ2) is 8.80. The third kappa shape index (κ3) is 5.42. The number of thioether (sulfide) groups is 1. The van der Waals surface area contributed by atoms with Gasteiger partial charge in [-0.05, 0) is 30.9 Å². The fourth-order valence-corrected chi connectivity index (χ4v) is 3.33. The van der Waals surface area contributed by atoms with Crippen molar-refractivity contribution in [2.45, 2.75) is 46.2 Å². The maximum Gasteiger partial charge on any atom is 0.264 e. The summed E-state index contributed by atoms with van der Waals surface area (Å²) in [6.07, 6.45) is 1.14. The molecule has 25 heavy (non-hydrogen) atoms. The summed E-state index contributed by atoms with van der Waals surface area (Å²) < 4.78 is 0. The highest BCUT2D eigenvalue weighted by Gasteiger charge is 2.29. The molecule has 134 valence electrons. The molecule has 6 nitrogen and oxygen atoms in total. The topological polar surface area (TPSA) is 74.1 Å². The minimum Gasteiger partial charge on any atom is -0.349 e. The summed E-state index contributed by atoms with van der Waals surface area (Å²) >= 11 is 1.34. The normalized spacial score (nSPS) is 16.6. The molecule has 0 aliphatic carbocycles. The average molecular weight is 360 g/mol. The Bertz CT molecular complexity index is 698. The summed E-state index contributed by atoms with van der Waals surface area (Å²) in [5.74, 6) is 0.422. The quantitative estimate of drug-likeness (QED) is 0.626. The van der Waals surface area contributed by atoms with Crippen LogP contribution in [0.2, 0.25) is 0 Å². The molecule has 1 fully saturated rings. The second-order valence-corrected chi connectivity index (χ2v) is 7.36. The van der Waals surface area contributed by atoms with Crippen LogP contribution in [-0.2, 0) is 16.1 Å². The van der Waals surface area contributed by atoms with Crippen molar-refractivity contribution in [2.75, 3.05) is 5.75 Å². The van der Waals surface area contributed by atoms with Gasteiger partial charge < -0.3 is 5.32 Å². The van der Waals surface area contributed by atoms with Crippen LogP contribution in [0.4, 0.5) is 0 Å². The van der Waals surface area contributed by atoms with E-state index >= 15 is 0 Å². The Morgan fingerprint density at radius 1 is 1.32 bits per heavy atom. The van der Waals surface area contributed by atoms with Crippen molar-refractivity contribution in [2.24, 2.45) is 10.2 Å². The molecule has 0 spiro atoms. The van der Waals surface area contributed by atoms with Crippen molar-refractivity contribution in [3.8, 4) is 0 Å². The number of nitrogens with zero attached hydrogens (tertiary/aromatic N) is 3. The number of rotatable bonds is 6. The molecule has 1 saturated heterocycles. The molecule has 1 heterocycles. The maximum atomic E-state index is 12.2. The molecule has 0 atom stereocenters. The van der Waals surface area contributed by atoms with Gasteiger partial charge in [0.25, 0.3) is 5.91 Å². The molecule has 1 aromatic rings. The highest BCUT2D eigenvalue weighted by Crippen LogP contribution is 2.25. The molecule has 0 radical (unpaired) electrons. The van der Waals surface area contributed by atoms with Crippen molar-refractivity contribution in [1.82, 2.24) is 10.2 Å². The van der Waals surface area contributed by atoms with E-state index in [1.165, 1.54) is 17.3 Å². The third-order valence-corrected chi connectivity index (χ3v) is 4.56. The Balaban J connectivity index is 2.13. The van der Waals surface area contributed by atoms with E-state index < -0.39 is 0 Å². The highest BCUT2D eigenvalue weighted by atomic mass is 32.2. The largest absolute Gasteiger partial charge is 0.349 e. The van der Waals surface area contributed by atoms with E-state index in [-0.39, 0.29) is 17.9 Å². The van der Waals surface area contributed by atoms with Gasteiger partial charge in [0.15, 0.2) is 5.17 Å². The van der Waals surface area contributed by atoms with Gasteiger partial charge in [0, 0.05) is 6.04 Å². The van der Waals surface area contributed by atoms with E-state index in [0.29, 0.717) is 23.4 Å². The van der Waals surface area contributed by atoms with Gasteiger partial charge in [-0.3, -0.25) is 14.5 Å². The summed E-state index contributed by atoms with van der Waals surface area (Å²) in [4.78, 5) is 25.4. The molecular weight excluding hydrogens is 336 g/mol. The first-order valence-corrected chi connectivity index (χ1v) is 9.29. The summed E-state index contributed by atoms with van der Waals surface area (Å²) in [5.41, 5.74) is 2.31. The van der Waals surface area contributed by atoms with Crippen molar-refractivity contribution < 1.29 is 9.59 Å². The van der Waals surface area contributed by atoms with Crippen molar-refractivity contribution >= 4 is 35.0 Å². The summed E-state index contributed by atoms with van der Waals surface area (Å²) in [5, 5.41) is 11.1. The monoisotopic (exact) mass is 360 g/mol. The van der Waals surface area contributed by atoms with Crippen LogP contribution < -0.4 is 5.32 Å². The van der Waals surface area contributed by atoms with Gasteiger partial charge in [0.2, 0.25) is 5.91 Å². The number of benzene rings is 1. The van der Waals surface area contributed by atoms with Crippen LogP contribution >= 0.6 is 11.8 Å². The van der Waals surface area contributed by atoms with E-state index in [2.05, 4.69) is 35.4 Å². The first kappa shape index (κ1) is 19.2. The lowest BCUT2D eigenvalue weighted by molar-refractivity contribution is -0.124. The minimum absolute atomic E-state index is 0.00383. The van der Waals surface area contributed by atoms with Crippen LogP contribution in [0.1, 0.15) is 44.7 Å². The average Bonchev–Trinajstić information content (AvgIpc) is 2.88. The third-order valence-electron chi connectivity index (χ3n) is 3.61. The standard InChI is InChI=1S/C18H24N4O2S/c1-12(2)15-8-6-5-7-14(15)10-22-17(24)11-25-18(22)21-19-9-16(23)20-13(3)4/h5-9,12-13H,10-11H2,1-4H3,(H,20,23)/b19-9+,21-18-. The van der Waals surface area contributed by atoms with Crippen LogP contribution in [0.25, 0.3) is 0 Å². The fourth-order valence-electron chi connectivity index (χ4n) is 2.49. The predicted octanol–water partition coefficient (Wildman–Crippen LogP) is 2.75. The van der Waals surface area contributed by atoms with Crippen LogP contribution in [0, 0.1) is 0 Å². The lowest BCUT2D eigenvalue weighted by Crippen LogP contribution is -2.31. The van der Waals surface area contributed by atoms with Gasteiger partial charge in [-0.1, -0.05) is 49.9 Å². The van der Waals surface area contributed by atoms with E-state index in [0.717, 1.165) is 11.8 Å². The van der Waals surface area contributed by atoms with E-state index in [1.54, 1.807) is 4.90 Å². The Labute approximate surface area is 152 Å². The molecule has 0 unspecified atom stereocenters. The van der Waals surface area contributed by atoms with Gasteiger partial charge in [-0.25, -0.2) is 0 Å². The van der Waals surface area contributed by atoms with Crippen LogP contribution in [-0.4, -0.2) is 39.9 Å². The number of hydrogen-bond donors (Lipinski definition) is 1. The molecule has 2 rings (SSSR count). The van der Waals surface area contributed by atoms with Gasteiger partial charge in [0.1, 0.15) is 6.21 Å². The maximum absolute atomic E-state index is 12.2. The SMILES string of the molecule is CC(C)NC(=O)/C=N/N=C1\SCC(=O)N1Cc1ccccc1C(C)C. The predicted molar refractivity (Wildman–Crippen MR) is 103 cm³/mol. The smallest absolute Gasteiger partial charge is 0.264 e. The van der Waals surface area contributed by atoms with Gasteiger partial charge in [-0.2, -0.15) is 5.10 Å². The summed E-state index contributed by atoms with van der Waals surface area (Å²) in [7, 11) is 0. The fraction of sp³-hybridized carbons (Fsp3) is 0.444. The molecule has 0 bridgehead atoms. The number of amides is 2. The Kier molecular flexibility index (Phi) is 6.75. The number of carbonyl (C=O) groups excluding carboxylic acids is 2. The highest BCUT2D eigenvalue weighted by molar-refractivity contribution is 8.15. The van der Waals surface area contributed by atoms with Crippen molar-refractivity contribution in [1.29, 1.82) is 0 Å². The Morgan fingerprint density at radius 2 is 2.04 bits per heavy atom. The van der Waals surface area contributed by atoms with Gasteiger partial charge >= 0.3 is 0 Å². The molecule has 2 amide bonds. The first-order valence-electron chi connectivity index (χ1n) is 8.31. The Hall–Kier alpha value is -2.15. The zero-order valence-corrected chi connectivity index (χ0v) is 15.8. The molecule has 0 saturated carbocycles. The van der Waals surface area contributed by atoms with Crippen molar-refractivity contribution in [3.63, 3.8) is 0 Å². The number of nitrogens with one attached hydrogen (secondary N) is 1.